The summed E-state index contributed by atoms with van der Waals surface area (Å²) in [5.74, 6) is 0. The molecule has 0 aliphatic carbocycles. The van der Waals surface area contributed by atoms with Crippen LogP contribution in [0.2, 0.25) is 0 Å². The lowest BCUT2D eigenvalue weighted by Crippen LogP contribution is -2.42. The van der Waals surface area contributed by atoms with Crippen LogP contribution in [-0.2, 0) is 16.6 Å². The predicted octanol–water partition coefficient (Wildman–Crippen LogP) is 2.15. The molecule has 1 saturated heterocycles. The third-order valence-electron chi connectivity index (χ3n) is 5.65. The molecule has 5 rings (SSSR count). The Morgan fingerprint density at radius 3 is 2.47 bits per heavy atom. The summed E-state index contributed by atoms with van der Waals surface area (Å²) in [4.78, 5) is 32.6. The van der Waals surface area contributed by atoms with Gasteiger partial charge in [0.2, 0.25) is 0 Å². The smallest absolute Gasteiger partial charge is 0.314 e. The molecule has 9 nitrogen and oxygen atoms in total. The van der Waals surface area contributed by atoms with Gasteiger partial charge in [-0.3, -0.25) is 19.2 Å². The Morgan fingerprint density at radius 2 is 1.68 bits per heavy atom. The Labute approximate surface area is 199 Å². The van der Waals surface area contributed by atoms with Crippen LogP contribution in [-0.4, -0.2) is 49.5 Å². The van der Waals surface area contributed by atoms with Crippen molar-refractivity contribution in [2.75, 3.05) is 30.9 Å². The second-order valence-electron chi connectivity index (χ2n) is 8.09. The van der Waals surface area contributed by atoms with Crippen LogP contribution in [0.5, 0.6) is 0 Å². The summed E-state index contributed by atoms with van der Waals surface area (Å²) >= 11 is 1.70. The molecule has 4 aromatic rings. The molecule has 2 aromatic carbocycles. The molecule has 0 spiro atoms. The van der Waals surface area contributed by atoms with Gasteiger partial charge in [-0.25, -0.2) is 8.42 Å². The Morgan fingerprint density at radius 1 is 0.912 bits per heavy atom. The molecule has 0 bridgehead atoms. The number of nitrogens with one attached hydrogen (secondary N) is 4. The standard InChI is InChI=1S/C23H23N5O4S2/c29-22-23(30)26-20-13-18(5-6-19(20)25-22)34(31,32)27-16-3-1-2-15(12-16)21-7-4-17(33-21)14-28-10-8-24-9-11-28/h1-7,12-13,24,27H,8-11,14H2,(H,25,29)(H,26,30). The molecule has 1 aliphatic heterocycles. The van der Waals surface area contributed by atoms with Gasteiger partial charge in [0.25, 0.3) is 10.0 Å². The minimum absolute atomic E-state index is 0.0254. The van der Waals surface area contributed by atoms with Gasteiger partial charge in [-0.05, 0) is 48.0 Å². The van der Waals surface area contributed by atoms with E-state index < -0.39 is 21.1 Å². The number of anilines is 1. The number of nitrogens with zero attached hydrogens (tertiary/aromatic N) is 1. The first-order chi connectivity index (χ1) is 16.4. The maximum Gasteiger partial charge on any atom is 0.314 e. The van der Waals surface area contributed by atoms with E-state index in [4.69, 9.17) is 0 Å². The number of hydrogen-bond acceptors (Lipinski definition) is 7. The second-order valence-corrected chi connectivity index (χ2v) is 10.9. The van der Waals surface area contributed by atoms with Gasteiger partial charge in [0.15, 0.2) is 0 Å². The molecule has 176 valence electrons. The summed E-state index contributed by atoms with van der Waals surface area (Å²) in [6, 6.07) is 15.6. The van der Waals surface area contributed by atoms with Crippen LogP contribution >= 0.6 is 11.3 Å². The predicted molar refractivity (Wildman–Crippen MR) is 134 cm³/mol. The van der Waals surface area contributed by atoms with E-state index in [2.05, 4.69) is 37.0 Å². The number of fused-ring (bicyclic) bond motifs is 1. The maximum atomic E-state index is 13.0. The van der Waals surface area contributed by atoms with Gasteiger partial charge in [-0.2, -0.15) is 0 Å². The van der Waals surface area contributed by atoms with E-state index in [1.807, 2.05) is 12.1 Å². The molecule has 0 saturated carbocycles. The fraction of sp³-hybridized carbons (Fsp3) is 0.217. The number of hydrogen-bond donors (Lipinski definition) is 4. The topological polar surface area (TPSA) is 127 Å². The van der Waals surface area contributed by atoms with Crippen LogP contribution < -0.4 is 21.2 Å². The highest BCUT2D eigenvalue weighted by Gasteiger charge is 2.17. The Hall–Kier alpha value is -3.25. The van der Waals surface area contributed by atoms with Gasteiger partial charge in [-0.1, -0.05) is 12.1 Å². The van der Waals surface area contributed by atoms with Crippen LogP contribution in [0.3, 0.4) is 0 Å². The third kappa shape index (κ3) is 4.82. The van der Waals surface area contributed by atoms with Crippen molar-refractivity contribution in [3.8, 4) is 10.4 Å². The molecular formula is C23H23N5O4S2. The minimum atomic E-state index is -3.91. The van der Waals surface area contributed by atoms with Gasteiger partial charge < -0.3 is 15.3 Å². The molecular weight excluding hydrogens is 474 g/mol. The summed E-state index contributed by atoms with van der Waals surface area (Å²) in [6.45, 7) is 4.98. The highest BCUT2D eigenvalue weighted by molar-refractivity contribution is 7.92. The molecule has 34 heavy (non-hydrogen) atoms. The molecule has 0 amide bonds. The van der Waals surface area contributed by atoms with Crippen molar-refractivity contribution in [1.82, 2.24) is 20.2 Å². The number of aromatic nitrogens is 2. The maximum absolute atomic E-state index is 13.0. The van der Waals surface area contributed by atoms with Crippen molar-refractivity contribution in [3.05, 3.63) is 80.2 Å². The third-order valence-corrected chi connectivity index (χ3v) is 8.15. The average molecular weight is 498 g/mol. The number of aromatic amines is 2. The van der Waals surface area contributed by atoms with Crippen molar-refractivity contribution in [2.24, 2.45) is 0 Å². The van der Waals surface area contributed by atoms with E-state index in [0.29, 0.717) is 11.2 Å². The Kier molecular flexibility index (Phi) is 6.09. The number of piperazine rings is 1. The SMILES string of the molecule is O=c1[nH]c2ccc(S(=O)(=O)Nc3cccc(-c4ccc(CN5CCNCC5)s4)c3)cc2[nH]c1=O. The van der Waals surface area contributed by atoms with Gasteiger partial charge in [0.05, 0.1) is 15.9 Å². The van der Waals surface area contributed by atoms with E-state index in [-0.39, 0.29) is 10.4 Å². The molecule has 0 radical (unpaired) electrons. The van der Waals surface area contributed by atoms with Gasteiger partial charge in [0, 0.05) is 48.2 Å². The second kappa shape index (κ2) is 9.18. The first-order valence-electron chi connectivity index (χ1n) is 10.8. The van der Waals surface area contributed by atoms with Crippen LogP contribution in [0, 0.1) is 0 Å². The lowest BCUT2D eigenvalue weighted by atomic mass is 10.2. The highest BCUT2D eigenvalue weighted by atomic mass is 32.2. The van der Waals surface area contributed by atoms with E-state index in [9.17, 15) is 18.0 Å². The van der Waals surface area contributed by atoms with Crippen LogP contribution in [0.15, 0.2) is 69.1 Å². The van der Waals surface area contributed by atoms with E-state index in [1.165, 1.54) is 23.1 Å². The zero-order valence-electron chi connectivity index (χ0n) is 18.1. The van der Waals surface area contributed by atoms with E-state index >= 15 is 0 Å². The zero-order valence-corrected chi connectivity index (χ0v) is 19.8. The van der Waals surface area contributed by atoms with Crippen molar-refractivity contribution in [1.29, 1.82) is 0 Å². The number of sulfonamides is 1. The van der Waals surface area contributed by atoms with E-state index in [0.717, 1.165) is 43.2 Å². The summed E-state index contributed by atoms with van der Waals surface area (Å²) in [6.07, 6.45) is 0. The summed E-state index contributed by atoms with van der Waals surface area (Å²) in [7, 11) is -3.91. The first kappa shape index (κ1) is 22.5. The zero-order chi connectivity index (χ0) is 23.7. The molecule has 11 heteroatoms. The van der Waals surface area contributed by atoms with Crippen LogP contribution in [0.1, 0.15) is 4.88 Å². The van der Waals surface area contributed by atoms with Crippen molar-refractivity contribution in [3.63, 3.8) is 0 Å². The Balaban J connectivity index is 1.36. The van der Waals surface area contributed by atoms with Crippen LogP contribution in [0.25, 0.3) is 21.5 Å². The average Bonchev–Trinajstić information content (AvgIpc) is 3.28. The normalized spacial score (nSPS) is 14.9. The monoisotopic (exact) mass is 497 g/mol. The summed E-state index contributed by atoms with van der Waals surface area (Å²) < 4.78 is 28.6. The number of thiophene rings is 1. The van der Waals surface area contributed by atoms with Crippen molar-refractivity contribution in [2.45, 2.75) is 11.4 Å². The molecule has 0 unspecified atom stereocenters. The molecule has 4 N–H and O–H groups in total. The number of benzene rings is 2. The summed E-state index contributed by atoms with van der Waals surface area (Å²) in [5, 5.41) is 3.36. The summed E-state index contributed by atoms with van der Waals surface area (Å²) in [5.41, 5.74) is 0.316. The van der Waals surface area contributed by atoms with Crippen LogP contribution in [0.4, 0.5) is 5.69 Å². The largest absolute Gasteiger partial charge is 0.316 e. The van der Waals surface area contributed by atoms with Gasteiger partial charge in [-0.15, -0.1) is 11.3 Å². The number of rotatable bonds is 6. The molecule has 1 fully saturated rings. The van der Waals surface area contributed by atoms with Crippen molar-refractivity contribution < 1.29 is 8.42 Å². The first-order valence-corrected chi connectivity index (χ1v) is 13.1. The number of H-pyrrole nitrogens is 2. The lowest BCUT2D eigenvalue weighted by Gasteiger charge is -2.26. The van der Waals surface area contributed by atoms with Gasteiger partial charge >= 0.3 is 11.1 Å². The molecule has 3 heterocycles. The quantitative estimate of drug-likeness (QED) is 0.302. The lowest BCUT2D eigenvalue weighted by molar-refractivity contribution is 0.235. The fourth-order valence-corrected chi connectivity index (χ4v) is 6.04. The molecule has 0 atom stereocenters. The fourth-order valence-electron chi connectivity index (χ4n) is 3.92. The van der Waals surface area contributed by atoms with Crippen molar-refractivity contribution >= 4 is 38.1 Å². The van der Waals surface area contributed by atoms with Gasteiger partial charge in [0.1, 0.15) is 0 Å². The van der Waals surface area contributed by atoms with E-state index in [1.54, 1.807) is 23.5 Å². The Bertz CT molecular complexity index is 1570. The molecule has 2 aromatic heterocycles. The highest BCUT2D eigenvalue weighted by Crippen LogP contribution is 2.31. The molecule has 1 aliphatic rings. The minimum Gasteiger partial charge on any atom is -0.316 e.